The van der Waals surface area contributed by atoms with E-state index < -0.39 is 47.6 Å². The van der Waals surface area contributed by atoms with Crippen molar-refractivity contribution in [1.82, 2.24) is 0 Å². The Morgan fingerprint density at radius 3 is 1.89 bits per heavy atom. The molecule has 0 saturated heterocycles. The summed E-state index contributed by atoms with van der Waals surface area (Å²) in [6.07, 6.45) is -4.71. The number of phenols is 6. The Bertz CT molecular complexity index is 2110. The van der Waals surface area contributed by atoms with Gasteiger partial charge in [-0.15, -0.1) is 0 Å². The van der Waals surface area contributed by atoms with E-state index in [9.17, 15) is 45.6 Å². The van der Waals surface area contributed by atoms with Crippen molar-refractivity contribution in [1.29, 1.82) is 0 Å². The Balaban J connectivity index is 1.43. The van der Waals surface area contributed by atoms with Crippen LogP contribution in [0.5, 0.6) is 46.0 Å². The molecule has 8 N–H and O–H groups in total. The number of ether oxygens (including phenoxy) is 3. The second-order valence-corrected chi connectivity index (χ2v) is 11.5. The van der Waals surface area contributed by atoms with Crippen molar-refractivity contribution in [2.45, 2.75) is 44.2 Å². The highest BCUT2D eigenvalue weighted by molar-refractivity contribution is 6.07. The van der Waals surface area contributed by atoms with Crippen LogP contribution >= 0.6 is 0 Å². The van der Waals surface area contributed by atoms with Gasteiger partial charge in [-0.1, -0.05) is 12.1 Å². The highest BCUT2D eigenvalue weighted by atomic mass is 16.5. The SMILES string of the molecule is CCOC(=O)c1c2c(c3[o+]c4cc(O)c5c(c4cc3c1O)O[C@H](c1ccc(O)c(O)c1)[C@@H](O)C5)C[C@@H](O)[C@H](c1ccc(O)c(O)c1)O2. The molecule has 0 radical (unpaired) electrons. The minimum Gasteiger partial charge on any atom is -0.507 e. The van der Waals surface area contributed by atoms with E-state index in [0.717, 1.165) is 0 Å². The summed E-state index contributed by atoms with van der Waals surface area (Å²) in [6, 6.07) is 10.7. The fourth-order valence-electron chi connectivity index (χ4n) is 6.27. The molecule has 1 aromatic heterocycles. The van der Waals surface area contributed by atoms with Crippen molar-refractivity contribution < 1.29 is 64.3 Å². The smallest absolute Gasteiger partial charge is 0.371 e. The lowest BCUT2D eigenvalue weighted by Gasteiger charge is -2.32. The number of fused-ring (bicyclic) bond motifs is 6. The third kappa shape index (κ3) is 4.78. The van der Waals surface area contributed by atoms with Crippen LogP contribution in [0, 0.1) is 0 Å². The van der Waals surface area contributed by atoms with Gasteiger partial charge in [0, 0.05) is 18.4 Å². The lowest BCUT2D eigenvalue weighted by Crippen LogP contribution is -2.31. The van der Waals surface area contributed by atoms with Gasteiger partial charge in [0.2, 0.25) is 0 Å². The molecule has 4 aromatic carbocycles. The van der Waals surface area contributed by atoms with E-state index in [1.54, 1.807) is 6.92 Å². The molecule has 5 aromatic rings. The lowest BCUT2D eigenvalue weighted by molar-refractivity contribution is 0.0183. The van der Waals surface area contributed by atoms with Gasteiger partial charge in [0.05, 0.1) is 24.9 Å². The number of benzene rings is 4. The Morgan fingerprint density at radius 2 is 1.32 bits per heavy atom. The van der Waals surface area contributed by atoms with E-state index in [2.05, 4.69) is 0 Å². The Labute approximate surface area is 265 Å². The van der Waals surface area contributed by atoms with Crippen molar-refractivity contribution in [3.05, 3.63) is 76.3 Å². The van der Waals surface area contributed by atoms with E-state index in [-0.39, 0.29) is 92.4 Å². The van der Waals surface area contributed by atoms with Gasteiger partial charge < -0.3 is 55.1 Å². The first kappa shape index (κ1) is 30.0. The van der Waals surface area contributed by atoms with Gasteiger partial charge in [-0.05, 0) is 48.4 Å². The molecule has 0 saturated carbocycles. The minimum atomic E-state index is -1.23. The van der Waals surface area contributed by atoms with Crippen LogP contribution in [0.3, 0.4) is 0 Å². The highest BCUT2D eigenvalue weighted by Crippen LogP contribution is 2.51. The summed E-state index contributed by atoms with van der Waals surface area (Å²) < 4.78 is 23.8. The fraction of sp³-hybridized carbons (Fsp3) is 0.235. The number of hydrogen-bond donors (Lipinski definition) is 8. The normalized spacial score (nSPS) is 20.2. The first-order valence-corrected chi connectivity index (χ1v) is 14.7. The average molecular weight is 646 g/mol. The van der Waals surface area contributed by atoms with Gasteiger partial charge in [0.1, 0.15) is 33.4 Å². The lowest BCUT2D eigenvalue weighted by atomic mass is 9.90. The second kappa shape index (κ2) is 11.0. The number of carbonyl (C=O) groups excluding carboxylic acids is 1. The van der Waals surface area contributed by atoms with Crippen LogP contribution in [0.15, 0.2) is 52.9 Å². The summed E-state index contributed by atoms with van der Waals surface area (Å²) >= 11 is 0. The van der Waals surface area contributed by atoms with E-state index in [0.29, 0.717) is 5.56 Å². The van der Waals surface area contributed by atoms with Gasteiger partial charge in [-0.3, -0.25) is 0 Å². The molecule has 0 fully saturated rings. The summed E-state index contributed by atoms with van der Waals surface area (Å²) in [6.45, 7) is 1.56. The average Bonchev–Trinajstić information content (AvgIpc) is 3.03. The molecule has 47 heavy (non-hydrogen) atoms. The van der Waals surface area contributed by atoms with Crippen LogP contribution in [0.4, 0.5) is 0 Å². The molecule has 3 heterocycles. The van der Waals surface area contributed by atoms with Crippen LogP contribution in [0.1, 0.15) is 51.7 Å². The number of esters is 1. The predicted octanol–water partition coefficient (Wildman–Crippen LogP) is 4.35. The summed E-state index contributed by atoms with van der Waals surface area (Å²) in [4.78, 5) is 13.3. The zero-order chi connectivity index (χ0) is 33.3. The van der Waals surface area contributed by atoms with E-state index in [1.807, 2.05) is 0 Å². The fourth-order valence-corrected chi connectivity index (χ4v) is 6.27. The molecule has 242 valence electrons. The minimum absolute atomic E-state index is 0.0256. The number of aromatic hydroxyl groups is 6. The topological polar surface area (TPSA) is 218 Å². The van der Waals surface area contributed by atoms with Crippen molar-refractivity contribution in [3.63, 3.8) is 0 Å². The molecule has 0 unspecified atom stereocenters. The van der Waals surface area contributed by atoms with E-state index in [4.69, 9.17) is 18.6 Å². The largest absolute Gasteiger partial charge is 0.507 e. The summed E-state index contributed by atoms with van der Waals surface area (Å²) in [7, 11) is 0. The maximum atomic E-state index is 13.3. The van der Waals surface area contributed by atoms with Crippen LogP contribution < -0.4 is 9.47 Å². The Morgan fingerprint density at radius 1 is 0.745 bits per heavy atom. The number of aliphatic hydroxyl groups is 2. The zero-order valence-electron chi connectivity index (χ0n) is 24.7. The van der Waals surface area contributed by atoms with Crippen LogP contribution in [-0.4, -0.2) is 65.6 Å². The predicted molar refractivity (Wildman–Crippen MR) is 163 cm³/mol. The quantitative estimate of drug-likeness (QED) is 0.0591. The number of aliphatic hydroxyl groups excluding tert-OH is 2. The van der Waals surface area contributed by atoms with Crippen molar-refractivity contribution in [3.8, 4) is 46.0 Å². The molecule has 0 spiro atoms. The molecule has 13 heteroatoms. The molecular formula is C34H29O13+. The molecule has 4 atom stereocenters. The number of carbonyl (C=O) groups is 1. The van der Waals surface area contributed by atoms with E-state index in [1.165, 1.54) is 48.5 Å². The monoisotopic (exact) mass is 645 g/mol. The molecule has 0 bridgehead atoms. The van der Waals surface area contributed by atoms with Gasteiger partial charge in [0.25, 0.3) is 0 Å². The van der Waals surface area contributed by atoms with E-state index >= 15 is 0 Å². The standard InChI is InChI=1S/C34H28O13/c1-2-44-34(43)27-28(42)17-9-16-26(12-21(37)15-10-24(40)29(46-31(15)16)13-3-5-19(35)22(38)7-13)45-32(17)18-11-25(41)30(47-33(18)27)14-4-6-20(36)23(39)8-14/h3-9,12,24-25,29-30,40-41H,2,10-11H2,1H3,(H5-,35,36,37,38,39,42,43)/p+1/t24-,25+,29+,30-/m0/s1. The number of phenolic OH excluding ortho intramolecular Hbond substituents is 6. The van der Waals surface area contributed by atoms with Gasteiger partial charge in [-0.25, -0.2) is 9.21 Å². The van der Waals surface area contributed by atoms with Crippen molar-refractivity contribution in [2.24, 2.45) is 0 Å². The Hall–Kier alpha value is -5.66. The molecule has 7 rings (SSSR count). The van der Waals surface area contributed by atoms with Crippen LogP contribution in [-0.2, 0) is 17.6 Å². The molecular weight excluding hydrogens is 616 g/mol. The number of hydrogen-bond acceptors (Lipinski definition) is 12. The van der Waals surface area contributed by atoms with Gasteiger partial charge >= 0.3 is 17.1 Å². The van der Waals surface area contributed by atoms with Crippen LogP contribution in [0.2, 0.25) is 0 Å². The van der Waals surface area contributed by atoms with Gasteiger partial charge in [-0.2, -0.15) is 0 Å². The highest BCUT2D eigenvalue weighted by Gasteiger charge is 2.42. The molecule has 0 aliphatic carbocycles. The Kier molecular flexibility index (Phi) is 7.02. The zero-order valence-corrected chi connectivity index (χ0v) is 24.7. The third-order valence-electron chi connectivity index (χ3n) is 8.52. The van der Waals surface area contributed by atoms with Crippen molar-refractivity contribution in [2.75, 3.05) is 6.61 Å². The summed E-state index contributed by atoms with van der Waals surface area (Å²) in [5.74, 6) is -3.30. The number of rotatable bonds is 4. The summed E-state index contributed by atoms with van der Waals surface area (Å²) in [5.41, 5.74) is 0.918. The first-order chi connectivity index (χ1) is 22.5. The molecule has 2 aliphatic rings. The maximum absolute atomic E-state index is 13.3. The summed E-state index contributed by atoms with van der Waals surface area (Å²) in [5, 5.41) is 84.6. The first-order valence-electron chi connectivity index (χ1n) is 14.7. The molecule has 13 nitrogen and oxygen atoms in total. The van der Waals surface area contributed by atoms with Gasteiger partial charge in [0.15, 0.2) is 46.7 Å². The maximum Gasteiger partial charge on any atom is 0.371 e. The third-order valence-corrected chi connectivity index (χ3v) is 8.52. The molecule has 0 amide bonds. The molecule has 2 aliphatic heterocycles. The van der Waals surface area contributed by atoms with Crippen molar-refractivity contribution >= 4 is 27.9 Å². The second-order valence-electron chi connectivity index (χ2n) is 11.5. The van der Waals surface area contributed by atoms with Crippen LogP contribution in [0.25, 0.3) is 21.9 Å².